The molecule has 0 aliphatic carbocycles. The second-order valence-electron chi connectivity index (χ2n) is 6.10. The molecular formula is C20H22O5S. The minimum atomic E-state index is -3.32. The van der Waals surface area contributed by atoms with Gasteiger partial charge < -0.3 is 4.74 Å². The SMILES string of the molecule is CCCCc1ccc(C(=O)COC(=O)c2ccc(S(C)(=O)=O)cc2)cc1. The molecule has 0 aromatic heterocycles. The van der Waals surface area contributed by atoms with Gasteiger partial charge in [0.1, 0.15) is 0 Å². The number of carbonyl (C=O) groups excluding carboxylic acids is 2. The highest BCUT2D eigenvalue weighted by Crippen LogP contribution is 2.12. The van der Waals surface area contributed by atoms with E-state index in [1.807, 2.05) is 12.1 Å². The van der Waals surface area contributed by atoms with Crippen LogP contribution >= 0.6 is 0 Å². The predicted molar refractivity (Wildman–Crippen MR) is 99.2 cm³/mol. The van der Waals surface area contributed by atoms with Crippen LogP contribution in [0.4, 0.5) is 0 Å². The van der Waals surface area contributed by atoms with E-state index in [0.29, 0.717) is 5.56 Å². The average molecular weight is 374 g/mol. The molecule has 0 aliphatic rings. The number of hydrogen-bond acceptors (Lipinski definition) is 5. The standard InChI is InChI=1S/C20H22O5S/c1-3-4-5-15-6-8-16(9-7-15)19(21)14-25-20(22)17-10-12-18(13-11-17)26(2,23)24/h6-13H,3-5,14H2,1-2H3. The van der Waals surface area contributed by atoms with Crippen LogP contribution in [0.25, 0.3) is 0 Å². The number of unbranched alkanes of at least 4 members (excludes halogenated alkanes) is 1. The van der Waals surface area contributed by atoms with Crippen molar-refractivity contribution in [2.45, 2.75) is 31.1 Å². The Morgan fingerprint density at radius 2 is 1.50 bits per heavy atom. The van der Waals surface area contributed by atoms with Crippen LogP contribution in [0, 0.1) is 0 Å². The van der Waals surface area contributed by atoms with Gasteiger partial charge in [-0.3, -0.25) is 4.79 Å². The number of sulfone groups is 1. The number of carbonyl (C=O) groups is 2. The molecule has 26 heavy (non-hydrogen) atoms. The van der Waals surface area contributed by atoms with Gasteiger partial charge in [0.2, 0.25) is 0 Å². The molecule has 0 spiro atoms. The van der Waals surface area contributed by atoms with E-state index in [4.69, 9.17) is 4.74 Å². The van der Waals surface area contributed by atoms with Gasteiger partial charge in [-0.2, -0.15) is 0 Å². The van der Waals surface area contributed by atoms with Crippen molar-refractivity contribution < 1.29 is 22.7 Å². The molecule has 0 saturated carbocycles. The zero-order valence-electron chi connectivity index (χ0n) is 14.9. The van der Waals surface area contributed by atoms with Crippen LogP contribution < -0.4 is 0 Å². The van der Waals surface area contributed by atoms with E-state index in [-0.39, 0.29) is 22.8 Å². The second kappa shape index (κ2) is 8.76. The first kappa shape index (κ1) is 19.8. The highest BCUT2D eigenvalue weighted by Gasteiger charge is 2.13. The van der Waals surface area contributed by atoms with Crippen LogP contribution in [-0.4, -0.2) is 33.0 Å². The lowest BCUT2D eigenvalue weighted by atomic mass is 10.0. The van der Waals surface area contributed by atoms with Gasteiger partial charge >= 0.3 is 5.97 Å². The Bertz CT molecular complexity index is 865. The van der Waals surface area contributed by atoms with E-state index in [9.17, 15) is 18.0 Å². The zero-order valence-corrected chi connectivity index (χ0v) is 15.7. The summed E-state index contributed by atoms with van der Waals surface area (Å²) in [5, 5.41) is 0. The molecule has 5 nitrogen and oxygen atoms in total. The Labute approximate surface area is 153 Å². The predicted octanol–water partition coefficient (Wildman–Crippen LogP) is 3.47. The Morgan fingerprint density at radius 1 is 0.923 bits per heavy atom. The van der Waals surface area contributed by atoms with Crippen LogP contribution in [0.5, 0.6) is 0 Å². The van der Waals surface area contributed by atoms with Gasteiger partial charge in [0.05, 0.1) is 10.5 Å². The van der Waals surface area contributed by atoms with E-state index >= 15 is 0 Å². The number of hydrogen-bond donors (Lipinski definition) is 0. The van der Waals surface area contributed by atoms with Gasteiger partial charge in [0.25, 0.3) is 0 Å². The first-order valence-electron chi connectivity index (χ1n) is 8.40. The number of benzene rings is 2. The van der Waals surface area contributed by atoms with E-state index in [1.165, 1.54) is 29.8 Å². The number of ketones is 1. The molecule has 0 fully saturated rings. The van der Waals surface area contributed by atoms with E-state index < -0.39 is 15.8 Å². The van der Waals surface area contributed by atoms with Crippen molar-refractivity contribution in [3.63, 3.8) is 0 Å². The Balaban J connectivity index is 1.93. The number of esters is 1. The fourth-order valence-corrected chi connectivity index (χ4v) is 3.00. The largest absolute Gasteiger partial charge is 0.454 e. The first-order valence-corrected chi connectivity index (χ1v) is 10.3. The first-order chi connectivity index (χ1) is 12.3. The molecule has 0 atom stereocenters. The monoisotopic (exact) mass is 374 g/mol. The average Bonchev–Trinajstić information content (AvgIpc) is 2.64. The van der Waals surface area contributed by atoms with Gasteiger partial charge in [-0.15, -0.1) is 0 Å². The molecule has 0 radical (unpaired) electrons. The quantitative estimate of drug-likeness (QED) is 0.522. The molecule has 0 amide bonds. The molecular weight excluding hydrogens is 352 g/mol. The summed E-state index contributed by atoms with van der Waals surface area (Å²) in [6, 6.07) is 12.7. The lowest BCUT2D eigenvalue weighted by Crippen LogP contribution is -2.14. The van der Waals surface area contributed by atoms with Crippen LogP contribution in [0.1, 0.15) is 46.0 Å². The Hall–Kier alpha value is -2.47. The maximum absolute atomic E-state index is 12.1. The van der Waals surface area contributed by atoms with Gasteiger partial charge in [0.15, 0.2) is 22.2 Å². The van der Waals surface area contributed by atoms with Gasteiger partial charge in [-0.25, -0.2) is 13.2 Å². The molecule has 6 heteroatoms. The summed E-state index contributed by atoms with van der Waals surface area (Å²) in [6.07, 6.45) is 4.28. The lowest BCUT2D eigenvalue weighted by Gasteiger charge is -2.06. The maximum atomic E-state index is 12.1. The number of ether oxygens (including phenoxy) is 1. The van der Waals surface area contributed by atoms with Crippen molar-refractivity contribution in [2.75, 3.05) is 12.9 Å². The van der Waals surface area contributed by atoms with Crippen molar-refractivity contribution in [2.24, 2.45) is 0 Å². The Kier molecular flexibility index (Phi) is 6.69. The van der Waals surface area contributed by atoms with Crippen molar-refractivity contribution in [1.82, 2.24) is 0 Å². The fourth-order valence-electron chi connectivity index (χ4n) is 2.37. The molecule has 2 aromatic rings. The van der Waals surface area contributed by atoms with E-state index in [0.717, 1.165) is 25.5 Å². The molecule has 0 bridgehead atoms. The summed E-state index contributed by atoms with van der Waals surface area (Å²) in [5.41, 5.74) is 1.86. The van der Waals surface area contributed by atoms with Crippen molar-refractivity contribution in [3.05, 3.63) is 65.2 Å². The summed E-state index contributed by atoms with van der Waals surface area (Å²) in [5.74, 6) is -0.953. The van der Waals surface area contributed by atoms with Crippen LogP contribution in [0.3, 0.4) is 0 Å². The number of aryl methyl sites for hydroxylation is 1. The Morgan fingerprint density at radius 3 is 2.04 bits per heavy atom. The molecule has 2 rings (SSSR count). The minimum absolute atomic E-state index is 0.119. The highest BCUT2D eigenvalue weighted by molar-refractivity contribution is 7.90. The van der Waals surface area contributed by atoms with E-state index in [1.54, 1.807) is 12.1 Å². The zero-order chi connectivity index (χ0) is 19.2. The molecule has 2 aromatic carbocycles. The summed E-state index contributed by atoms with van der Waals surface area (Å²) >= 11 is 0. The summed E-state index contributed by atoms with van der Waals surface area (Å²) in [4.78, 5) is 24.2. The topological polar surface area (TPSA) is 77.5 Å². The smallest absolute Gasteiger partial charge is 0.338 e. The second-order valence-corrected chi connectivity index (χ2v) is 8.11. The molecule has 0 saturated heterocycles. The van der Waals surface area contributed by atoms with Crippen LogP contribution in [-0.2, 0) is 21.0 Å². The summed E-state index contributed by atoms with van der Waals surface area (Å²) in [6.45, 7) is 1.77. The van der Waals surface area contributed by atoms with Crippen LogP contribution in [0.15, 0.2) is 53.4 Å². The van der Waals surface area contributed by atoms with Gasteiger partial charge in [-0.05, 0) is 42.7 Å². The maximum Gasteiger partial charge on any atom is 0.338 e. The third kappa shape index (κ3) is 5.52. The molecule has 0 unspecified atom stereocenters. The minimum Gasteiger partial charge on any atom is -0.454 e. The fraction of sp³-hybridized carbons (Fsp3) is 0.300. The van der Waals surface area contributed by atoms with Crippen molar-refractivity contribution >= 4 is 21.6 Å². The molecule has 0 aliphatic heterocycles. The highest BCUT2D eigenvalue weighted by atomic mass is 32.2. The van der Waals surface area contributed by atoms with E-state index in [2.05, 4.69) is 6.92 Å². The number of Topliss-reactive ketones (excluding diaryl/α,β-unsaturated/α-hetero) is 1. The normalized spacial score (nSPS) is 11.2. The van der Waals surface area contributed by atoms with Crippen molar-refractivity contribution in [1.29, 1.82) is 0 Å². The third-order valence-electron chi connectivity index (χ3n) is 3.95. The van der Waals surface area contributed by atoms with Crippen molar-refractivity contribution in [3.8, 4) is 0 Å². The van der Waals surface area contributed by atoms with Crippen LogP contribution in [0.2, 0.25) is 0 Å². The van der Waals surface area contributed by atoms with Gasteiger partial charge in [0, 0.05) is 11.8 Å². The summed E-state index contributed by atoms with van der Waals surface area (Å²) in [7, 11) is -3.32. The molecule has 138 valence electrons. The third-order valence-corrected chi connectivity index (χ3v) is 5.08. The van der Waals surface area contributed by atoms with Gasteiger partial charge in [-0.1, -0.05) is 37.6 Å². The summed E-state index contributed by atoms with van der Waals surface area (Å²) < 4.78 is 27.8. The molecule has 0 N–H and O–H groups in total. The lowest BCUT2D eigenvalue weighted by molar-refractivity contribution is 0.0474. The number of rotatable bonds is 8. The molecule has 0 heterocycles.